The minimum Gasteiger partial charge on any atom is -0.459 e. The minimum absolute atomic E-state index is 0.187. The molecule has 270 valence electrons. The van der Waals surface area contributed by atoms with Crippen molar-refractivity contribution in [2.45, 2.75) is 38.1 Å². The lowest BCUT2D eigenvalue weighted by molar-refractivity contribution is -0.869. The van der Waals surface area contributed by atoms with Gasteiger partial charge in [0.25, 0.3) is 0 Å². The Morgan fingerprint density at radius 2 is 1.43 bits per heavy atom. The number of amides is 4. The molecule has 2 atom stereocenters. The molecule has 0 fully saturated rings. The van der Waals surface area contributed by atoms with Gasteiger partial charge >= 0.3 is 12.1 Å². The van der Waals surface area contributed by atoms with Crippen molar-refractivity contribution in [1.29, 1.82) is 0 Å². The zero-order valence-electron chi connectivity index (χ0n) is 26.6. The number of esters is 1. The molecule has 2 aromatic carbocycles. The maximum atomic E-state index is 14.1. The van der Waals surface area contributed by atoms with Crippen molar-refractivity contribution in [1.82, 2.24) is 21.3 Å². The van der Waals surface area contributed by atoms with E-state index in [-0.39, 0.29) is 18.9 Å². The molecule has 0 aliphatic heterocycles. The number of benzene rings is 2. The van der Waals surface area contributed by atoms with Crippen molar-refractivity contribution < 1.29 is 59.9 Å². The smallest absolute Gasteiger partial charge is 0.408 e. The molecule has 0 aliphatic carbocycles. The molecule has 19 heteroatoms. The van der Waals surface area contributed by atoms with E-state index in [4.69, 9.17) is 9.47 Å². The second-order valence-electron chi connectivity index (χ2n) is 11.4. The summed E-state index contributed by atoms with van der Waals surface area (Å²) in [5.74, 6) is -15.0. The van der Waals surface area contributed by atoms with Gasteiger partial charge in [-0.15, -0.1) is 0 Å². The van der Waals surface area contributed by atoms with E-state index in [1.807, 2.05) is 21.1 Å². The molecule has 0 aliphatic rings. The van der Waals surface area contributed by atoms with Crippen molar-refractivity contribution in [3.63, 3.8) is 0 Å². The Bertz CT molecular complexity index is 1500. The highest BCUT2D eigenvalue weighted by Gasteiger charge is 2.29. The molecule has 0 saturated heterocycles. The van der Waals surface area contributed by atoms with Crippen LogP contribution in [0, 0.1) is 29.1 Å². The van der Waals surface area contributed by atoms with Gasteiger partial charge in [0.15, 0.2) is 23.3 Å². The predicted octanol–water partition coefficient (Wildman–Crippen LogP) is 2.62. The Kier molecular flexibility index (Phi) is 16.2. The van der Waals surface area contributed by atoms with Gasteiger partial charge in [0.05, 0.1) is 46.3 Å². The van der Waals surface area contributed by atoms with Crippen LogP contribution in [0.2, 0.25) is 0 Å². The second kappa shape index (κ2) is 19.3. The van der Waals surface area contributed by atoms with Crippen molar-refractivity contribution in [3.8, 4) is 0 Å². The molecular formula is C30H36BrF5N5O7S+. The number of carbonyl (C=O) groups is 5. The first-order valence-corrected chi connectivity index (χ1v) is 16.0. The monoisotopic (exact) mass is 784 g/mol. The van der Waals surface area contributed by atoms with Gasteiger partial charge in [-0.25, -0.2) is 31.5 Å². The van der Waals surface area contributed by atoms with Crippen LogP contribution in [0.1, 0.15) is 24.0 Å². The molecule has 4 N–H and O–H groups in total. The van der Waals surface area contributed by atoms with E-state index in [1.54, 1.807) is 24.3 Å². The summed E-state index contributed by atoms with van der Waals surface area (Å²) in [5, 5.41) is 9.52. The number of ether oxygens (including phenoxy) is 2. The fourth-order valence-corrected chi connectivity index (χ4v) is 4.49. The number of nitrogens with one attached hydrogen (secondary N) is 4. The normalized spacial score (nSPS) is 12.4. The van der Waals surface area contributed by atoms with Crippen molar-refractivity contribution >= 4 is 58.3 Å². The van der Waals surface area contributed by atoms with Gasteiger partial charge in [-0.1, -0.05) is 34.1 Å². The summed E-state index contributed by atoms with van der Waals surface area (Å²) >= 11 is 7.32. The number of likely N-dealkylation sites (N-methyl/N-ethyl adjacent to an activating group) is 1. The standard InChI is InChI=1S/C30H35BrF5N5O7S/c1-41(2,3)11-10-37-22(43)12-38-28(44)20(15-49)39-21(42)9-8-19(40-30(46)48-13-16-6-4-5-7-18(16)31)29(45)47-14-17-23(32)25(34)27(36)26(35)24(17)33/h4-7,19-20H,8-15H2,1-3H3,(H4-,37,38,39,40,42,43,44,46,49)/p+1/t19-,20-/m0/s1. The van der Waals surface area contributed by atoms with E-state index < -0.39 is 96.0 Å². The fourth-order valence-electron chi connectivity index (χ4n) is 3.83. The highest BCUT2D eigenvalue weighted by Crippen LogP contribution is 2.24. The van der Waals surface area contributed by atoms with E-state index in [1.165, 1.54) is 0 Å². The molecule has 0 radical (unpaired) electrons. The number of rotatable bonds is 17. The lowest BCUT2D eigenvalue weighted by Gasteiger charge is -2.23. The molecule has 0 heterocycles. The first-order chi connectivity index (χ1) is 22.9. The summed E-state index contributed by atoms with van der Waals surface area (Å²) in [4.78, 5) is 62.7. The number of hydrogen-bond acceptors (Lipinski definition) is 8. The van der Waals surface area contributed by atoms with E-state index in [0.29, 0.717) is 27.6 Å². The number of quaternary nitrogens is 1. The first-order valence-electron chi connectivity index (χ1n) is 14.5. The zero-order chi connectivity index (χ0) is 36.9. The minimum atomic E-state index is -2.41. The lowest BCUT2D eigenvalue weighted by Crippen LogP contribution is -2.51. The van der Waals surface area contributed by atoms with Crippen molar-refractivity contribution in [2.24, 2.45) is 0 Å². The average Bonchev–Trinajstić information content (AvgIpc) is 3.04. The van der Waals surface area contributed by atoms with Crippen LogP contribution in [0.5, 0.6) is 0 Å². The number of alkyl carbamates (subject to hydrolysis) is 1. The summed E-state index contributed by atoms with van der Waals surface area (Å²) < 4.78 is 79.9. The van der Waals surface area contributed by atoms with Crippen LogP contribution < -0.4 is 21.3 Å². The van der Waals surface area contributed by atoms with Crippen LogP contribution in [0.4, 0.5) is 26.7 Å². The Balaban J connectivity index is 2.06. The number of halogens is 6. The van der Waals surface area contributed by atoms with Gasteiger partial charge < -0.3 is 35.2 Å². The van der Waals surface area contributed by atoms with Crippen LogP contribution >= 0.6 is 28.6 Å². The highest BCUT2D eigenvalue weighted by atomic mass is 79.9. The summed E-state index contributed by atoms with van der Waals surface area (Å²) in [6, 6.07) is 3.75. The molecule has 49 heavy (non-hydrogen) atoms. The van der Waals surface area contributed by atoms with Crippen molar-refractivity contribution in [3.05, 3.63) is 69.0 Å². The quantitative estimate of drug-likeness (QED) is 0.0414. The largest absolute Gasteiger partial charge is 0.459 e. The number of nitrogens with zero attached hydrogens (tertiary/aromatic N) is 1. The maximum absolute atomic E-state index is 14.1. The van der Waals surface area contributed by atoms with E-state index in [0.717, 1.165) is 0 Å². The maximum Gasteiger partial charge on any atom is 0.408 e. The van der Waals surface area contributed by atoms with Crippen LogP contribution in [0.25, 0.3) is 0 Å². The molecule has 0 unspecified atom stereocenters. The first kappa shape index (κ1) is 41.2. The van der Waals surface area contributed by atoms with Gasteiger partial charge in [0, 0.05) is 22.2 Å². The number of thiol groups is 1. The number of hydrogen-bond donors (Lipinski definition) is 5. The molecule has 0 aromatic heterocycles. The van der Waals surface area contributed by atoms with Gasteiger partial charge in [0.1, 0.15) is 25.3 Å². The second-order valence-corrected chi connectivity index (χ2v) is 12.7. The summed E-state index contributed by atoms with van der Waals surface area (Å²) in [7, 11) is 5.81. The third kappa shape index (κ3) is 13.5. The summed E-state index contributed by atoms with van der Waals surface area (Å²) in [5.41, 5.74) is -0.900. The Morgan fingerprint density at radius 1 is 0.816 bits per heavy atom. The molecular weight excluding hydrogens is 749 g/mol. The Hall–Kier alpha value is -3.97. The molecule has 0 spiro atoms. The number of carbonyl (C=O) groups excluding carboxylic acids is 5. The van der Waals surface area contributed by atoms with Gasteiger partial charge in [-0.05, 0) is 12.5 Å². The van der Waals surface area contributed by atoms with E-state index in [9.17, 15) is 45.9 Å². The average molecular weight is 786 g/mol. The molecule has 0 bridgehead atoms. The third-order valence-electron chi connectivity index (χ3n) is 6.58. The van der Waals surface area contributed by atoms with Gasteiger partial charge in [0.2, 0.25) is 23.5 Å². The third-order valence-corrected chi connectivity index (χ3v) is 7.71. The predicted molar refractivity (Wildman–Crippen MR) is 171 cm³/mol. The van der Waals surface area contributed by atoms with Gasteiger partial charge in [-0.3, -0.25) is 14.4 Å². The Morgan fingerprint density at radius 3 is 2.02 bits per heavy atom. The lowest BCUT2D eigenvalue weighted by atomic mass is 10.1. The van der Waals surface area contributed by atoms with Gasteiger partial charge in [-0.2, -0.15) is 12.6 Å². The van der Waals surface area contributed by atoms with Crippen molar-refractivity contribution in [2.75, 3.05) is 46.5 Å². The Labute approximate surface area is 292 Å². The molecule has 0 saturated carbocycles. The highest BCUT2D eigenvalue weighted by molar-refractivity contribution is 9.10. The molecule has 12 nitrogen and oxygen atoms in total. The fraction of sp³-hybridized carbons (Fsp3) is 0.433. The van der Waals surface area contributed by atoms with E-state index in [2.05, 4.69) is 49.8 Å². The molecule has 2 rings (SSSR count). The van der Waals surface area contributed by atoms with E-state index >= 15 is 0 Å². The summed E-state index contributed by atoms with van der Waals surface area (Å²) in [6.45, 7) is -1.06. The zero-order valence-corrected chi connectivity index (χ0v) is 29.1. The molecule has 4 amide bonds. The van der Waals surface area contributed by atoms with Crippen LogP contribution in [-0.4, -0.2) is 92.9 Å². The molecule has 2 aromatic rings. The topological polar surface area (TPSA) is 152 Å². The van der Waals surface area contributed by atoms with Crippen LogP contribution in [0.15, 0.2) is 28.7 Å². The SMILES string of the molecule is C[N+](C)(C)CCNC(=O)CNC(=O)[C@H](CS)NC(=O)CC[C@H](NC(=O)OCc1ccccc1Br)C(=O)OCc1c(F)c(F)c(F)c(F)c1F. The van der Waals surface area contributed by atoms with Crippen LogP contribution in [-0.2, 0) is 41.9 Å². The van der Waals surface area contributed by atoms with Crippen LogP contribution in [0.3, 0.4) is 0 Å². The summed E-state index contributed by atoms with van der Waals surface area (Å²) in [6.07, 6.45) is -2.25.